The largest absolute Gasteiger partial charge is 0.497 e. The van der Waals surface area contributed by atoms with Gasteiger partial charge >= 0.3 is 12.1 Å². The Balaban J connectivity index is 1.66. The molecule has 1 aliphatic rings. The Hall–Kier alpha value is -4.76. The molecule has 0 unspecified atom stereocenters. The lowest BCUT2D eigenvalue weighted by Gasteiger charge is -2.26. The fourth-order valence-corrected chi connectivity index (χ4v) is 6.16. The first-order chi connectivity index (χ1) is 22.7. The average Bonchev–Trinajstić information content (AvgIpc) is 3.56. The number of hydrogen-bond donors (Lipinski definition) is 2. The summed E-state index contributed by atoms with van der Waals surface area (Å²) in [4.78, 5) is 62.8. The van der Waals surface area contributed by atoms with E-state index in [9.17, 15) is 32.7 Å². The van der Waals surface area contributed by atoms with Crippen LogP contribution >= 0.6 is 0 Å². The van der Waals surface area contributed by atoms with E-state index in [4.69, 9.17) is 14.2 Å². The van der Waals surface area contributed by atoms with E-state index >= 15 is 0 Å². The number of amides is 2. The van der Waals surface area contributed by atoms with E-state index in [0.29, 0.717) is 25.1 Å². The summed E-state index contributed by atoms with van der Waals surface area (Å²) < 4.78 is 42.2. The van der Waals surface area contributed by atoms with Gasteiger partial charge in [-0.15, -0.1) is 0 Å². The molecule has 1 aliphatic heterocycles. The summed E-state index contributed by atoms with van der Waals surface area (Å²) in [6.45, 7) is 3.77. The molecule has 2 aromatic carbocycles. The van der Waals surface area contributed by atoms with Crippen molar-refractivity contribution in [2.75, 3.05) is 39.1 Å². The van der Waals surface area contributed by atoms with Crippen molar-refractivity contribution in [3.05, 3.63) is 82.0 Å². The molecule has 0 saturated carbocycles. The molecule has 1 saturated heterocycles. The van der Waals surface area contributed by atoms with Gasteiger partial charge in [0.1, 0.15) is 18.2 Å². The molecule has 4 rings (SSSR count). The molecule has 14 nitrogen and oxygen atoms in total. The maximum absolute atomic E-state index is 14.0. The summed E-state index contributed by atoms with van der Waals surface area (Å²) in [5.74, 6) is -2.55. The van der Waals surface area contributed by atoms with Crippen LogP contribution < -0.4 is 15.0 Å². The second-order valence-corrected chi connectivity index (χ2v) is 14.3. The number of aliphatic hydroxyl groups excluding tert-OH is 1. The first kappa shape index (κ1) is 36.1. The van der Waals surface area contributed by atoms with Crippen molar-refractivity contribution in [1.29, 1.82) is 0 Å². The third kappa shape index (κ3) is 8.77. The van der Waals surface area contributed by atoms with Crippen molar-refractivity contribution in [2.24, 2.45) is 5.41 Å². The molecule has 0 aliphatic carbocycles. The van der Waals surface area contributed by atoms with Crippen LogP contribution in [0, 0.1) is 5.41 Å². The Morgan fingerprint density at radius 3 is 2.38 bits per heavy atom. The molecule has 2 amide bonds. The number of hydrogen-bond acceptors (Lipinski definition) is 11. The third-order valence-corrected chi connectivity index (χ3v) is 9.33. The molecular weight excluding hydrogens is 644 g/mol. The highest BCUT2D eigenvalue weighted by Gasteiger charge is 2.36. The number of likely N-dealkylation sites (tertiary alicyclic amines) is 1. The molecule has 0 spiro atoms. The van der Waals surface area contributed by atoms with Gasteiger partial charge in [0.2, 0.25) is 5.75 Å². The van der Waals surface area contributed by atoms with Crippen molar-refractivity contribution >= 4 is 27.8 Å². The number of ether oxygens (including phenoxy) is 3. The minimum absolute atomic E-state index is 0.00321. The highest BCUT2D eigenvalue weighted by molar-refractivity contribution is 7.91. The van der Waals surface area contributed by atoms with Gasteiger partial charge in [0.05, 0.1) is 35.8 Å². The van der Waals surface area contributed by atoms with Gasteiger partial charge in [0.25, 0.3) is 11.5 Å². The first-order valence-corrected chi connectivity index (χ1v) is 17.0. The average molecular weight is 685 g/mol. The Bertz CT molecular complexity index is 1770. The normalized spacial score (nSPS) is 14.8. The zero-order valence-electron chi connectivity index (χ0n) is 27.3. The van der Waals surface area contributed by atoms with Crippen LogP contribution in [0.25, 0.3) is 0 Å². The number of nitrogens with zero attached hydrogens (tertiary/aromatic N) is 3. The number of carbonyl (C=O) groups excluding carboxylic acids is 3. The smallest absolute Gasteiger partial charge is 0.410 e. The number of rotatable bonds is 12. The second kappa shape index (κ2) is 15.4. The maximum atomic E-state index is 14.0. The topological polar surface area (TPSA) is 185 Å². The van der Waals surface area contributed by atoms with Crippen molar-refractivity contribution in [1.82, 2.24) is 19.8 Å². The summed E-state index contributed by atoms with van der Waals surface area (Å²) in [5, 5.41) is 9.78. The highest BCUT2D eigenvalue weighted by atomic mass is 32.2. The molecule has 0 bridgehead atoms. The molecule has 3 aromatic rings. The Morgan fingerprint density at radius 2 is 1.75 bits per heavy atom. The fraction of sp³-hybridized carbons (Fsp3) is 0.424. The SMILES string of the molecule is COc1ccc(S(=O)(=O)CCN(CCO)C(=O)c2nc([C@@H]3CCCN3C(=O)OCc3ccccc3)[nH]c(=O)c2OC(=O)C(C)(C)C)cc1. The molecule has 2 N–H and O–H groups in total. The van der Waals surface area contributed by atoms with Gasteiger partial charge in [0.15, 0.2) is 15.5 Å². The second-order valence-electron chi connectivity index (χ2n) is 12.2. The lowest BCUT2D eigenvalue weighted by molar-refractivity contribution is -0.143. The van der Waals surface area contributed by atoms with E-state index in [1.165, 1.54) is 36.3 Å². The molecular formula is C33H40N4O10S. The van der Waals surface area contributed by atoms with E-state index in [2.05, 4.69) is 9.97 Å². The number of methoxy groups -OCH3 is 1. The van der Waals surface area contributed by atoms with Crippen LogP contribution in [-0.2, 0) is 26.0 Å². The third-order valence-electron chi connectivity index (χ3n) is 7.62. The zero-order valence-corrected chi connectivity index (χ0v) is 28.1. The molecule has 1 atom stereocenters. The Kier molecular flexibility index (Phi) is 11.6. The molecule has 48 heavy (non-hydrogen) atoms. The van der Waals surface area contributed by atoms with Crippen molar-refractivity contribution in [3.63, 3.8) is 0 Å². The van der Waals surface area contributed by atoms with Crippen LogP contribution in [0.4, 0.5) is 4.79 Å². The van der Waals surface area contributed by atoms with Gasteiger partial charge in [-0.3, -0.25) is 19.3 Å². The lowest BCUT2D eigenvalue weighted by atomic mass is 9.97. The van der Waals surface area contributed by atoms with E-state index in [-0.39, 0.29) is 30.4 Å². The summed E-state index contributed by atoms with van der Waals surface area (Å²) in [5.41, 5.74) is -1.79. The predicted molar refractivity (Wildman–Crippen MR) is 173 cm³/mol. The number of aromatic nitrogens is 2. The minimum atomic E-state index is -3.90. The van der Waals surface area contributed by atoms with Gasteiger partial charge in [-0.05, 0) is 63.4 Å². The monoisotopic (exact) mass is 684 g/mol. The minimum Gasteiger partial charge on any atom is -0.497 e. The molecule has 1 aromatic heterocycles. The Labute approximate surface area is 278 Å². The molecule has 258 valence electrons. The molecule has 15 heteroatoms. The summed E-state index contributed by atoms with van der Waals surface area (Å²) in [6, 6.07) is 14.0. The molecule has 2 heterocycles. The first-order valence-electron chi connectivity index (χ1n) is 15.4. The van der Waals surface area contributed by atoms with Gasteiger partial charge in [0, 0.05) is 19.6 Å². The van der Waals surface area contributed by atoms with Crippen LogP contribution in [0.3, 0.4) is 0 Å². The summed E-state index contributed by atoms with van der Waals surface area (Å²) >= 11 is 0. The van der Waals surface area contributed by atoms with Crippen LogP contribution in [0.2, 0.25) is 0 Å². The highest BCUT2D eigenvalue weighted by Crippen LogP contribution is 2.31. The zero-order chi connectivity index (χ0) is 35.1. The van der Waals surface area contributed by atoms with Crippen LogP contribution in [0.15, 0.2) is 64.3 Å². The van der Waals surface area contributed by atoms with E-state index in [1.807, 2.05) is 30.3 Å². The summed E-state index contributed by atoms with van der Waals surface area (Å²) in [6.07, 6.45) is 0.294. The van der Waals surface area contributed by atoms with Gasteiger partial charge in [-0.1, -0.05) is 30.3 Å². The number of carbonyl (C=O) groups is 3. The number of benzene rings is 2. The van der Waals surface area contributed by atoms with Gasteiger partial charge in [-0.25, -0.2) is 18.2 Å². The van der Waals surface area contributed by atoms with E-state index in [1.54, 1.807) is 20.8 Å². The Morgan fingerprint density at radius 1 is 1.06 bits per heavy atom. The van der Waals surface area contributed by atoms with Crippen molar-refractivity contribution in [3.8, 4) is 11.5 Å². The van der Waals surface area contributed by atoms with Crippen LogP contribution in [0.1, 0.15) is 61.5 Å². The molecule has 0 radical (unpaired) electrons. The number of aliphatic hydroxyl groups is 1. The summed E-state index contributed by atoms with van der Waals surface area (Å²) in [7, 11) is -2.45. The van der Waals surface area contributed by atoms with Gasteiger partial charge in [-0.2, -0.15) is 0 Å². The van der Waals surface area contributed by atoms with Crippen LogP contribution in [-0.4, -0.2) is 90.4 Å². The number of aromatic amines is 1. The van der Waals surface area contributed by atoms with Crippen molar-refractivity contribution < 1.29 is 42.1 Å². The number of esters is 1. The number of H-pyrrole nitrogens is 1. The predicted octanol–water partition coefficient (Wildman–Crippen LogP) is 3.11. The fourth-order valence-electron chi connectivity index (χ4n) is 4.91. The van der Waals surface area contributed by atoms with Gasteiger partial charge < -0.3 is 29.2 Å². The quantitative estimate of drug-likeness (QED) is 0.267. The number of nitrogens with one attached hydrogen (secondary N) is 1. The lowest BCUT2D eigenvalue weighted by Crippen LogP contribution is -2.40. The van der Waals surface area contributed by atoms with E-state index < -0.39 is 68.6 Å². The standard InChI is InChI=1S/C33H40N4O10S/c1-33(2,3)31(41)47-27-26(30(40)36(17-19-38)18-20-48(43,44)24-14-12-23(45-4)13-15-24)34-28(35-29(27)39)25-11-8-16-37(25)32(42)46-21-22-9-6-5-7-10-22/h5-7,9-10,12-15,25,38H,8,11,16-21H2,1-4H3,(H,34,35,39)/t25-/m0/s1. The van der Waals surface area contributed by atoms with Crippen LogP contribution in [0.5, 0.6) is 11.5 Å². The maximum Gasteiger partial charge on any atom is 0.410 e. The molecule has 1 fully saturated rings. The van der Waals surface area contributed by atoms with Crippen molar-refractivity contribution in [2.45, 2.75) is 51.2 Å². The number of sulfone groups is 1. The van der Waals surface area contributed by atoms with E-state index in [0.717, 1.165) is 10.5 Å².